The van der Waals surface area contributed by atoms with Gasteiger partial charge in [-0.05, 0) is 38.1 Å². The van der Waals surface area contributed by atoms with Gasteiger partial charge in [0.25, 0.3) is 0 Å². The maximum Gasteiger partial charge on any atom is 0.246 e. The van der Waals surface area contributed by atoms with Crippen molar-refractivity contribution in [2.75, 3.05) is 24.4 Å². The van der Waals surface area contributed by atoms with Gasteiger partial charge >= 0.3 is 0 Å². The Morgan fingerprint density at radius 1 is 1.21 bits per heavy atom. The number of methoxy groups -OCH3 is 1. The zero-order valence-electron chi connectivity index (χ0n) is 13.9. The number of para-hydroxylation sites is 1. The maximum atomic E-state index is 13.6. The zero-order chi connectivity index (χ0) is 17.5. The van der Waals surface area contributed by atoms with E-state index in [9.17, 15) is 9.18 Å². The summed E-state index contributed by atoms with van der Waals surface area (Å²) in [6.07, 6.45) is 0. The Hall–Kier alpha value is -2.76. The molecule has 2 aromatic carbocycles. The van der Waals surface area contributed by atoms with Crippen LogP contribution in [0.25, 0.3) is 0 Å². The highest BCUT2D eigenvalue weighted by Crippen LogP contribution is 2.30. The molecular weight excluding hydrogens is 311 g/mol. The highest BCUT2D eigenvalue weighted by Gasteiger charge is 2.15. The van der Waals surface area contributed by atoms with Crippen LogP contribution in [0, 0.1) is 5.82 Å². The molecule has 0 aliphatic rings. The summed E-state index contributed by atoms with van der Waals surface area (Å²) in [6.45, 7) is 4.12. The molecule has 128 valence electrons. The second-order valence-electron chi connectivity index (χ2n) is 5.13. The second kappa shape index (κ2) is 8.19. The van der Waals surface area contributed by atoms with E-state index in [4.69, 9.17) is 9.47 Å². The van der Waals surface area contributed by atoms with Crippen molar-refractivity contribution in [3.63, 3.8) is 0 Å². The predicted molar refractivity (Wildman–Crippen MR) is 92.3 cm³/mol. The fourth-order valence-electron chi connectivity index (χ4n) is 2.15. The van der Waals surface area contributed by atoms with E-state index in [1.807, 2.05) is 6.92 Å². The Morgan fingerprint density at radius 2 is 1.96 bits per heavy atom. The van der Waals surface area contributed by atoms with Gasteiger partial charge in [-0.2, -0.15) is 0 Å². The molecule has 0 saturated heterocycles. The van der Waals surface area contributed by atoms with Crippen LogP contribution in [0.1, 0.15) is 13.8 Å². The average Bonchev–Trinajstić information content (AvgIpc) is 2.58. The number of carbonyl (C=O) groups excluding carboxylic acids is 1. The zero-order valence-corrected chi connectivity index (χ0v) is 13.9. The quantitative estimate of drug-likeness (QED) is 0.812. The van der Waals surface area contributed by atoms with E-state index in [1.165, 1.54) is 12.1 Å². The van der Waals surface area contributed by atoms with Crippen LogP contribution in [-0.2, 0) is 4.79 Å². The predicted octanol–water partition coefficient (Wildman–Crippen LogP) is 3.67. The van der Waals surface area contributed by atoms with Crippen molar-refractivity contribution in [1.29, 1.82) is 0 Å². The number of ether oxygens (including phenoxy) is 2. The van der Waals surface area contributed by atoms with Gasteiger partial charge in [0.15, 0.2) is 11.5 Å². The molecule has 0 spiro atoms. The number of hydrogen-bond donors (Lipinski definition) is 2. The Kier molecular flexibility index (Phi) is 6.01. The van der Waals surface area contributed by atoms with Gasteiger partial charge in [0.2, 0.25) is 5.91 Å². The molecule has 1 atom stereocenters. The summed E-state index contributed by atoms with van der Waals surface area (Å²) in [4.78, 5) is 12.2. The summed E-state index contributed by atoms with van der Waals surface area (Å²) < 4.78 is 24.3. The van der Waals surface area contributed by atoms with Gasteiger partial charge in [-0.25, -0.2) is 4.39 Å². The average molecular weight is 332 g/mol. The van der Waals surface area contributed by atoms with Crippen LogP contribution in [0.2, 0.25) is 0 Å². The third kappa shape index (κ3) is 4.38. The second-order valence-corrected chi connectivity index (χ2v) is 5.13. The highest BCUT2D eigenvalue weighted by molar-refractivity contribution is 5.96. The Morgan fingerprint density at radius 3 is 2.62 bits per heavy atom. The minimum absolute atomic E-state index is 0.153. The normalized spacial score (nSPS) is 11.5. The number of hydrogen-bond acceptors (Lipinski definition) is 4. The number of benzene rings is 2. The number of halogens is 1. The van der Waals surface area contributed by atoms with Gasteiger partial charge in [0.1, 0.15) is 11.9 Å². The maximum absolute atomic E-state index is 13.6. The van der Waals surface area contributed by atoms with Crippen molar-refractivity contribution in [1.82, 2.24) is 0 Å². The summed E-state index contributed by atoms with van der Waals surface area (Å²) in [5, 5.41) is 5.61. The first-order chi connectivity index (χ1) is 11.5. The molecule has 24 heavy (non-hydrogen) atoms. The van der Waals surface area contributed by atoms with Crippen molar-refractivity contribution in [3.8, 4) is 11.5 Å². The van der Waals surface area contributed by atoms with Crippen molar-refractivity contribution in [3.05, 3.63) is 48.3 Å². The molecule has 2 N–H and O–H groups in total. The molecular formula is C18H21FN2O3. The first-order valence-electron chi connectivity index (χ1n) is 7.68. The number of rotatable bonds is 7. The summed E-state index contributed by atoms with van der Waals surface area (Å²) in [6, 6.07) is 10.8. The molecule has 6 heteroatoms. The molecule has 5 nitrogen and oxygen atoms in total. The fourth-order valence-corrected chi connectivity index (χ4v) is 2.15. The molecule has 0 radical (unpaired) electrons. The van der Waals surface area contributed by atoms with E-state index in [-0.39, 0.29) is 11.6 Å². The van der Waals surface area contributed by atoms with E-state index in [0.717, 1.165) is 0 Å². The fraction of sp³-hybridized carbons (Fsp3) is 0.278. The first-order valence-corrected chi connectivity index (χ1v) is 7.68. The largest absolute Gasteiger partial charge is 0.493 e. The summed E-state index contributed by atoms with van der Waals surface area (Å²) in [7, 11) is 1.55. The molecule has 0 saturated carbocycles. The van der Waals surface area contributed by atoms with Crippen LogP contribution in [0.3, 0.4) is 0 Å². The van der Waals surface area contributed by atoms with Crippen molar-refractivity contribution >= 4 is 17.3 Å². The van der Waals surface area contributed by atoms with Gasteiger partial charge in [-0.15, -0.1) is 0 Å². The number of nitrogens with one attached hydrogen (secondary N) is 2. The third-order valence-corrected chi connectivity index (χ3v) is 3.37. The van der Waals surface area contributed by atoms with E-state index in [2.05, 4.69) is 10.6 Å². The lowest BCUT2D eigenvalue weighted by atomic mass is 10.2. The molecule has 2 aromatic rings. The van der Waals surface area contributed by atoms with E-state index >= 15 is 0 Å². The van der Waals surface area contributed by atoms with Gasteiger partial charge < -0.3 is 20.1 Å². The van der Waals surface area contributed by atoms with Crippen LogP contribution in [0.5, 0.6) is 11.5 Å². The minimum atomic E-state index is -0.563. The summed E-state index contributed by atoms with van der Waals surface area (Å²) >= 11 is 0. The SMILES string of the molecule is CCOc1ccc(N[C@H](C)C(=O)Nc2ccccc2F)cc1OC. The number of anilines is 2. The smallest absolute Gasteiger partial charge is 0.246 e. The van der Waals surface area contributed by atoms with Crippen LogP contribution < -0.4 is 20.1 Å². The van der Waals surface area contributed by atoms with Gasteiger partial charge in [0, 0.05) is 11.8 Å². The summed E-state index contributed by atoms with van der Waals surface area (Å²) in [5.74, 6) is 0.395. The lowest BCUT2D eigenvalue weighted by molar-refractivity contribution is -0.116. The van der Waals surface area contributed by atoms with E-state index < -0.39 is 11.9 Å². The number of carbonyl (C=O) groups is 1. The van der Waals surface area contributed by atoms with E-state index in [0.29, 0.717) is 23.8 Å². The van der Waals surface area contributed by atoms with Crippen LogP contribution in [-0.4, -0.2) is 25.7 Å². The first kappa shape index (κ1) is 17.6. The lowest BCUT2D eigenvalue weighted by Crippen LogP contribution is -2.32. The molecule has 2 rings (SSSR count). The van der Waals surface area contributed by atoms with E-state index in [1.54, 1.807) is 44.4 Å². The molecule has 1 amide bonds. The lowest BCUT2D eigenvalue weighted by Gasteiger charge is -2.17. The van der Waals surface area contributed by atoms with Crippen LogP contribution in [0.15, 0.2) is 42.5 Å². The standard InChI is InChI=1S/C18H21FN2O3/c1-4-24-16-10-9-13(11-17(16)23-3)20-12(2)18(22)21-15-8-6-5-7-14(15)19/h5-12,20H,4H2,1-3H3,(H,21,22)/t12-/m1/s1. The molecule has 0 bridgehead atoms. The van der Waals surface area contributed by atoms with Crippen molar-refractivity contribution in [2.45, 2.75) is 19.9 Å². The van der Waals surface area contributed by atoms with Gasteiger partial charge in [-0.3, -0.25) is 4.79 Å². The van der Waals surface area contributed by atoms with Crippen LogP contribution in [0.4, 0.5) is 15.8 Å². The molecule has 0 aromatic heterocycles. The van der Waals surface area contributed by atoms with Gasteiger partial charge in [0.05, 0.1) is 19.4 Å². The topological polar surface area (TPSA) is 59.6 Å². The Balaban J connectivity index is 2.04. The molecule has 0 heterocycles. The van der Waals surface area contributed by atoms with Crippen molar-refractivity contribution in [2.24, 2.45) is 0 Å². The number of amides is 1. The van der Waals surface area contributed by atoms with Crippen molar-refractivity contribution < 1.29 is 18.7 Å². The monoisotopic (exact) mass is 332 g/mol. The summed E-state index contributed by atoms with van der Waals surface area (Å²) in [5.41, 5.74) is 0.854. The highest BCUT2D eigenvalue weighted by atomic mass is 19.1. The third-order valence-electron chi connectivity index (χ3n) is 3.37. The molecule has 0 aliphatic heterocycles. The molecule has 0 aliphatic carbocycles. The van der Waals surface area contributed by atoms with Gasteiger partial charge in [-0.1, -0.05) is 12.1 Å². The Labute approximate surface area is 140 Å². The molecule has 0 fully saturated rings. The minimum Gasteiger partial charge on any atom is -0.493 e. The van der Waals surface area contributed by atoms with Crippen LogP contribution >= 0.6 is 0 Å². The molecule has 0 unspecified atom stereocenters. The Bertz CT molecular complexity index is 706.